The summed E-state index contributed by atoms with van der Waals surface area (Å²) in [6.45, 7) is 7.16. The Morgan fingerprint density at radius 3 is 2.59 bits per heavy atom. The fraction of sp³-hybridized carbons (Fsp3) is 0.833. The molecule has 5 heteroatoms. The lowest BCUT2D eigenvalue weighted by atomic mass is 9.85. The molecule has 2 fully saturated rings. The van der Waals surface area contributed by atoms with Crippen molar-refractivity contribution in [3.05, 3.63) is 12.7 Å². The van der Waals surface area contributed by atoms with Crippen LogP contribution in [0.25, 0.3) is 0 Å². The van der Waals surface area contributed by atoms with Crippen LogP contribution in [-0.4, -0.2) is 45.5 Å². The lowest BCUT2D eigenvalue weighted by Crippen LogP contribution is -2.55. The first-order valence-corrected chi connectivity index (χ1v) is 5.86. The van der Waals surface area contributed by atoms with Crippen LogP contribution in [0.15, 0.2) is 12.7 Å². The molecule has 1 heterocycles. The van der Waals surface area contributed by atoms with E-state index in [0.717, 1.165) is 0 Å². The highest BCUT2D eigenvalue weighted by molar-refractivity contribution is 5.37. The average molecular weight is 243 g/mol. The normalized spacial score (nSPS) is 49.3. The number of ether oxygens (including phenoxy) is 1. The zero-order valence-corrected chi connectivity index (χ0v) is 10.3. The summed E-state index contributed by atoms with van der Waals surface area (Å²) in [5.74, 6) is -0.413. The van der Waals surface area contributed by atoms with E-state index in [1.54, 1.807) is 19.9 Å². The molecule has 5 nitrogen and oxygen atoms in total. The van der Waals surface area contributed by atoms with Crippen LogP contribution in [0.1, 0.15) is 20.3 Å². The molecule has 5 atom stereocenters. The Balaban J connectivity index is 2.32. The Morgan fingerprint density at radius 2 is 2.06 bits per heavy atom. The third-order valence-corrected chi connectivity index (χ3v) is 4.71. The number of nitrogens with two attached hydrogens (primary N) is 1. The van der Waals surface area contributed by atoms with E-state index < -0.39 is 28.8 Å². The summed E-state index contributed by atoms with van der Waals surface area (Å²) in [5, 5.41) is 30.8. The molecule has 0 bridgehead atoms. The van der Waals surface area contributed by atoms with E-state index in [1.807, 2.05) is 0 Å². The average Bonchev–Trinajstić information content (AvgIpc) is 2.61. The van der Waals surface area contributed by atoms with Gasteiger partial charge in [0.2, 0.25) is 0 Å². The molecule has 2 aliphatic rings. The smallest absolute Gasteiger partial charge is 0.187 e. The highest BCUT2D eigenvalue weighted by Crippen LogP contribution is 2.71. The molecule has 1 aliphatic heterocycles. The minimum absolute atomic E-state index is 0.137. The number of hydrogen-bond acceptors (Lipinski definition) is 5. The van der Waals surface area contributed by atoms with Gasteiger partial charge < -0.3 is 25.8 Å². The Hall–Kier alpha value is -0.460. The molecule has 0 amide bonds. The summed E-state index contributed by atoms with van der Waals surface area (Å²) in [5.41, 5.74) is 2.11. The van der Waals surface area contributed by atoms with E-state index in [4.69, 9.17) is 10.5 Å². The molecule has 0 aromatic carbocycles. The van der Waals surface area contributed by atoms with Crippen LogP contribution < -0.4 is 5.73 Å². The SMILES string of the molecule is C=CCC(N)[C@H]1COC(O)[C@]2(O)C(C)(C)[C@@]12O. The fourth-order valence-electron chi connectivity index (χ4n) is 3.37. The zero-order valence-electron chi connectivity index (χ0n) is 10.3. The van der Waals surface area contributed by atoms with Crippen molar-refractivity contribution in [2.24, 2.45) is 17.1 Å². The van der Waals surface area contributed by atoms with Gasteiger partial charge in [0, 0.05) is 17.4 Å². The molecule has 0 aromatic rings. The Labute approximate surface area is 101 Å². The van der Waals surface area contributed by atoms with Gasteiger partial charge >= 0.3 is 0 Å². The largest absolute Gasteiger partial charge is 0.386 e. The van der Waals surface area contributed by atoms with Crippen molar-refractivity contribution in [2.75, 3.05) is 6.61 Å². The summed E-state index contributed by atoms with van der Waals surface area (Å²) < 4.78 is 5.15. The lowest BCUT2D eigenvalue weighted by molar-refractivity contribution is -0.244. The lowest BCUT2D eigenvalue weighted by Gasteiger charge is -2.37. The van der Waals surface area contributed by atoms with Gasteiger partial charge in [-0.25, -0.2) is 0 Å². The zero-order chi connectivity index (χ0) is 13.1. The molecule has 2 rings (SSSR count). The van der Waals surface area contributed by atoms with Crippen molar-refractivity contribution >= 4 is 0 Å². The van der Waals surface area contributed by atoms with E-state index in [-0.39, 0.29) is 12.6 Å². The maximum absolute atomic E-state index is 10.7. The Bertz CT molecular complexity index is 345. The van der Waals surface area contributed by atoms with E-state index in [2.05, 4.69) is 6.58 Å². The monoisotopic (exact) mass is 243 g/mol. The summed E-state index contributed by atoms with van der Waals surface area (Å²) in [6, 6.07) is -0.349. The second-order valence-electron chi connectivity index (χ2n) is 5.64. The Morgan fingerprint density at radius 1 is 1.47 bits per heavy atom. The van der Waals surface area contributed by atoms with Gasteiger partial charge in [-0.15, -0.1) is 6.58 Å². The molecular formula is C12H21NO4. The van der Waals surface area contributed by atoms with E-state index >= 15 is 0 Å². The summed E-state index contributed by atoms with van der Waals surface area (Å²) in [7, 11) is 0. The predicted molar refractivity (Wildman–Crippen MR) is 61.9 cm³/mol. The van der Waals surface area contributed by atoms with Crippen molar-refractivity contribution in [1.29, 1.82) is 0 Å². The van der Waals surface area contributed by atoms with Gasteiger partial charge in [-0.1, -0.05) is 19.9 Å². The van der Waals surface area contributed by atoms with Crippen LogP contribution in [0.2, 0.25) is 0 Å². The van der Waals surface area contributed by atoms with Crippen molar-refractivity contribution in [2.45, 2.75) is 43.8 Å². The molecule has 98 valence electrons. The van der Waals surface area contributed by atoms with Gasteiger partial charge in [-0.3, -0.25) is 0 Å². The third-order valence-electron chi connectivity index (χ3n) is 4.71. The molecule has 1 aliphatic carbocycles. The Kier molecular flexibility index (Phi) is 2.69. The van der Waals surface area contributed by atoms with Gasteiger partial charge in [-0.2, -0.15) is 0 Å². The number of hydrogen-bond donors (Lipinski definition) is 4. The fourth-order valence-corrected chi connectivity index (χ4v) is 3.37. The maximum Gasteiger partial charge on any atom is 0.187 e. The molecule has 1 saturated heterocycles. The van der Waals surface area contributed by atoms with Gasteiger partial charge in [0.25, 0.3) is 0 Å². The third kappa shape index (κ3) is 1.21. The van der Waals surface area contributed by atoms with Crippen molar-refractivity contribution in [3.63, 3.8) is 0 Å². The highest BCUT2D eigenvalue weighted by atomic mass is 16.6. The van der Waals surface area contributed by atoms with Crippen LogP contribution in [0.5, 0.6) is 0 Å². The van der Waals surface area contributed by atoms with Crippen LogP contribution in [-0.2, 0) is 4.74 Å². The summed E-state index contributed by atoms with van der Waals surface area (Å²) >= 11 is 0. The molecule has 0 radical (unpaired) electrons. The number of aliphatic hydroxyl groups excluding tert-OH is 1. The molecule has 5 N–H and O–H groups in total. The number of aliphatic hydroxyl groups is 3. The molecule has 0 aromatic heterocycles. The first kappa shape index (κ1) is 13.0. The van der Waals surface area contributed by atoms with Crippen molar-refractivity contribution in [1.82, 2.24) is 0 Å². The van der Waals surface area contributed by atoms with Crippen LogP contribution in [0.4, 0.5) is 0 Å². The molecule has 1 saturated carbocycles. The van der Waals surface area contributed by atoms with Crippen molar-refractivity contribution < 1.29 is 20.1 Å². The highest BCUT2D eigenvalue weighted by Gasteiger charge is 2.89. The summed E-state index contributed by atoms with van der Waals surface area (Å²) in [4.78, 5) is 0. The quantitative estimate of drug-likeness (QED) is 0.494. The minimum Gasteiger partial charge on any atom is -0.386 e. The second kappa shape index (κ2) is 3.52. The van der Waals surface area contributed by atoms with E-state index in [9.17, 15) is 15.3 Å². The standard InChI is InChI=1S/C12H21NO4/c1-4-5-8(13)7-6-17-9(14)12(16)10(2,3)11(7,12)15/h4,7-9,14-16H,1,5-6,13H2,2-3H3/t7-,8?,9?,11+,12+/m1/s1. The number of fused-ring (bicyclic) bond motifs is 1. The molecule has 0 spiro atoms. The van der Waals surface area contributed by atoms with Gasteiger partial charge in [0.15, 0.2) is 11.9 Å². The topological polar surface area (TPSA) is 95.9 Å². The molecule has 2 unspecified atom stereocenters. The predicted octanol–water partition coefficient (Wildman–Crippen LogP) is -0.643. The minimum atomic E-state index is -1.64. The van der Waals surface area contributed by atoms with Crippen LogP contribution in [0, 0.1) is 11.3 Å². The molecule has 17 heavy (non-hydrogen) atoms. The van der Waals surface area contributed by atoms with Gasteiger partial charge in [0.05, 0.1) is 6.61 Å². The summed E-state index contributed by atoms with van der Waals surface area (Å²) in [6.07, 6.45) is 0.834. The van der Waals surface area contributed by atoms with Gasteiger partial charge in [0.1, 0.15) is 5.60 Å². The second-order valence-corrected chi connectivity index (χ2v) is 5.64. The molecular weight excluding hydrogens is 222 g/mol. The maximum atomic E-state index is 10.7. The number of rotatable bonds is 3. The van der Waals surface area contributed by atoms with Gasteiger partial charge in [-0.05, 0) is 6.42 Å². The van der Waals surface area contributed by atoms with Crippen LogP contribution in [0.3, 0.4) is 0 Å². The first-order chi connectivity index (χ1) is 7.75. The first-order valence-electron chi connectivity index (χ1n) is 5.86. The van der Waals surface area contributed by atoms with Crippen molar-refractivity contribution in [3.8, 4) is 0 Å². The van der Waals surface area contributed by atoms with E-state index in [1.165, 1.54) is 0 Å². The van der Waals surface area contributed by atoms with Crippen LogP contribution >= 0.6 is 0 Å². The van der Waals surface area contributed by atoms with E-state index in [0.29, 0.717) is 6.42 Å².